The molecule has 124 valence electrons. The zero-order valence-corrected chi connectivity index (χ0v) is 14.4. The fraction of sp³-hybridized carbons (Fsp3) is 0.867. The smallest absolute Gasteiger partial charge is 0.242 e. The van der Waals surface area contributed by atoms with Gasteiger partial charge >= 0.3 is 0 Å². The van der Waals surface area contributed by atoms with Crippen LogP contribution in [0, 0.1) is 5.92 Å². The minimum Gasteiger partial charge on any atom is -0.346 e. The van der Waals surface area contributed by atoms with Crippen molar-refractivity contribution in [3.63, 3.8) is 0 Å². The zero-order valence-electron chi connectivity index (χ0n) is 13.6. The van der Waals surface area contributed by atoms with E-state index in [0.29, 0.717) is 6.04 Å². The van der Waals surface area contributed by atoms with Gasteiger partial charge in [0.2, 0.25) is 11.8 Å². The van der Waals surface area contributed by atoms with Crippen LogP contribution in [0.2, 0.25) is 0 Å². The lowest BCUT2D eigenvalue weighted by molar-refractivity contribution is -0.136. The fourth-order valence-electron chi connectivity index (χ4n) is 2.77. The van der Waals surface area contributed by atoms with Crippen LogP contribution in [0.3, 0.4) is 0 Å². The Bertz CT molecular complexity index is 342. The number of nitrogens with two attached hydrogens (primary N) is 1. The summed E-state index contributed by atoms with van der Waals surface area (Å²) in [6.07, 6.45) is 4.52. The Morgan fingerprint density at radius 2 is 1.71 bits per heavy atom. The third-order valence-corrected chi connectivity index (χ3v) is 4.00. The van der Waals surface area contributed by atoms with Crippen LogP contribution in [0.5, 0.6) is 0 Å². The van der Waals surface area contributed by atoms with Crippen LogP contribution in [-0.4, -0.2) is 41.4 Å². The summed E-state index contributed by atoms with van der Waals surface area (Å²) >= 11 is 0. The second kappa shape index (κ2) is 9.26. The van der Waals surface area contributed by atoms with Crippen LogP contribution >= 0.6 is 12.4 Å². The largest absolute Gasteiger partial charge is 0.346 e. The molecule has 1 atom stereocenters. The van der Waals surface area contributed by atoms with Crippen LogP contribution in [-0.2, 0) is 9.59 Å². The second-order valence-electron chi connectivity index (χ2n) is 6.32. The minimum atomic E-state index is -0.554. The molecule has 0 aliphatic heterocycles. The van der Waals surface area contributed by atoms with Gasteiger partial charge in [0.05, 0.1) is 12.6 Å². The molecule has 21 heavy (non-hydrogen) atoms. The Morgan fingerprint density at radius 1 is 1.19 bits per heavy atom. The number of halogens is 1. The topological polar surface area (TPSA) is 75.4 Å². The van der Waals surface area contributed by atoms with Gasteiger partial charge < -0.3 is 16.0 Å². The Kier molecular flexibility index (Phi) is 8.90. The van der Waals surface area contributed by atoms with Crippen molar-refractivity contribution in [3.8, 4) is 0 Å². The van der Waals surface area contributed by atoms with Gasteiger partial charge in [0.1, 0.15) is 0 Å². The summed E-state index contributed by atoms with van der Waals surface area (Å²) in [4.78, 5) is 26.1. The van der Waals surface area contributed by atoms with Crippen molar-refractivity contribution < 1.29 is 9.59 Å². The molecule has 0 heterocycles. The number of nitrogens with zero attached hydrogens (tertiary/aromatic N) is 1. The van der Waals surface area contributed by atoms with E-state index < -0.39 is 6.04 Å². The fourth-order valence-corrected chi connectivity index (χ4v) is 2.77. The maximum atomic E-state index is 12.3. The molecule has 1 saturated carbocycles. The molecule has 1 aliphatic carbocycles. The molecule has 0 unspecified atom stereocenters. The first kappa shape index (κ1) is 20.2. The highest BCUT2D eigenvalue weighted by Gasteiger charge is 2.29. The van der Waals surface area contributed by atoms with E-state index >= 15 is 0 Å². The molecule has 2 amide bonds. The molecular weight excluding hydrogens is 290 g/mol. The summed E-state index contributed by atoms with van der Waals surface area (Å²) < 4.78 is 0. The number of carbonyl (C=O) groups excluding carboxylic acids is 2. The van der Waals surface area contributed by atoms with Crippen LogP contribution in [0.4, 0.5) is 0 Å². The van der Waals surface area contributed by atoms with Crippen molar-refractivity contribution in [2.45, 2.75) is 71.5 Å². The SMILES string of the molecule is CC(C)[C@H](N)C(=O)NCC(=O)N(C(C)C)C1CCCC1.Cl. The summed E-state index contributed by atoms with van der Waals surface area (Å²) in [5.41, 5.74) is 5.77. The van der Waals surface area contributed by atoms with Crippen molar-refractivity contribution >= 4 is 24.2 Å². The lowest BCUT2D eigenvalue weighted by Gasteiger charge is -2.33. The number of nitrogens with one attached hydrogen (secondary N) is 1. The van der Waals surface area contributed by atoms with Crippen LogP contribution in [0.15, 0.2) is 0 Å². The predicted molar refractivity (Wildman–Crippen MR) is 87.3 cm³/mol. The van der Waals surface area contributed by atoms with E-state index in [0.717, 1.165) is 12.8 Å². The van der Waals surface area contributed by atoms with Gasteiger partial charge in [0.15, 0.2) is 0 Å². The molecule has 1 fully saturated rings. The van der Waals surface area contributed by atoms with E-state index in [2.05, 4.69) is 5.32 Å². The monoisotopic (exact) mass is 319 g/mol. The molecule has 0 spiro atoms. The highest BCUT2D eigenvalue weighted by Crippen LogP contribution is 2.25. The van der Waals surface area contributed by atoms with E-state index in [1.54, 1.807) is 0 Å². The van der Waals surface area contributed by atoms with Gasteiger partial charge in [0, 0.05) is 12.1 Å². The molecule has 0 saturated heterocycles. The standard InChI is InChI=1S/C15H29N3O2.ClH/c1-10(2)14(16)15(20)17-9-13(19)18(11(3)4)12-7-5-6-8-12;/h10-12,14H,5-9,16H2,1-4H3,(H,17,20);1H/t14-;/m0./s1. The van der Waals surface area contributed by atoms with Crippen molar-refractivity contribution in [1.29, 1.82) is 0 Å². The second-order valence-corrected chi connectivity index (χ2v) is 6.32. The summed E-state index contributed by atoms with van der Waals surface area (Å²) in [7, 11) is 0. The van der Waals surface area contributed by atoms with E-state index in [1.807, 2.05) is 32.6 Å². The van der Waals surface area contributed by atoms with Gasteiger partial charge in [-0.25, -0.2) is 0 Å². The van der Waals surface area contributed by atoms with E-state index in [-0.39, 0.29) is 42.7 Å². The first-order valence-electron chi connectivity index (χ1n) is 7.69. The average Bonchev–Trinajstić information content (AvgIpc) is 2.88. The van der Waals surface area contributed by atoms with Crippen molar-refractivity contribution in [2.75, 3.05) is 6.54 Å². The molecule has 0 radical (unpaired) electrons. The molecule has 1 aliphatic rings. The van der Waals surface area contributed by atoms with Gasteiger partial charge in [-0.1, -0.05) is 26.7 Å². The molecule has 6 heteroatoms. The van der Waals surface area contributed by atoms with Gasteiger partial charge in [-0.3, -0.25) is 9.59 Å². The molecule has 0 bridgehead atoms. The normalized spacial score (nSPS) is 16.7. The Morgan fingerprint density at radius 3 is 2.14 bits per heavy atom. The number of rotatable bonds is 6. The Hall–Kier alpha value is -0.810. The predicted octanol–water partition coefficient (Wildman–Crippen LogP) is 1.69. The first-order chi connectivity index (χ1) is 9.34. The molecular formula is C15H30ClN3O2. The summed E-state index contributed by atoms with van der Waals surface area (Å²) in [6.45, 7) is 7.89. The van der Waals surface area contributed by atoms with Crippen molar-refractivity contribution in [1.82, 2.24) is 10.2 Å². The molecule has 0 aromatic rings. The quantitative estimate of drug-likeness (QED) is 0.782. The lowest BCUT2D eigenvalue weighted by atomic mass is 10.1. The lowest BCUT2D eigenvalue weighted by Crippen LogP contribution is -2.51. The molecule has 0 aromatic heterocycles. The van der Waals surface area contributed by atoms with Crippen LogP contribution in [0.25, 0.3) is 0 Å². The third kappa shape index (κ3) is 5.83. The van der Waals surface area contributed by atoms with E-state index in [9.17, 15) is 9.59 Å². The number of carbonyl (C=O) groups is 2. The number of hydrogen-bond acceptors (Lipinski definition) is 3. The zero-order chi connectivity index (χ0) is 15.3. The van der Waals surface area contributed by atoms with Crippen molar-refractivity contribution in [3.05, 3.63) is 0 Å². The van der Waals surface area contributed by atoms with Gasteiger partial charge in [-0.2, -0.15) is 0 Å². The summed E-state index contributed by atoms with van der Waals surface area (Å²) in [5.74, 6) is -0.180. The number of amides is 2. The Balaban J connectivity index is 0.00000400. The maximum Gasteiger partial charge on any atom is 0.242 e. The van der Waals surface area contributed by atoms with Crippen molar-refractivity contribution in [2.24, 2.45) is 11.7 Å². The van der Waals surface area contributed by atoms with Crippen LogP contribution < -0.4 is 11.1 Å². The molecule has 0 aromatic carbocycles. The molecule has 1 rings (SSSR count). The van der Waals surface area contributed by atoms with Gasteiger partial charge in [-0.15, -0.1) is 12.4 Å². The summed E-state index contributed by atoms with van der Waals surface area (Å²) in [6, 6.07) is -0.0544. The third-order valence-electron chi connectivity index (χ3n) is 4.00. The molecule has 5 nitrogen and oxygen atoms in total. The van der Waals surface area contributed by atoms with Gasteiger partial charge in [0.25, 0.3) is 0 Å². The number of hydrogen-bond donors (Lipinski definition) is 2. The first-order valence-corrected chi connectivity index (χ1v) is 7.69. The van der Waals surface area contributed by atoms with Crippen LogP contribution in [0.1, 0.15) is 53.4 Å². The molecule has 3 N–H and O–H groups in total. The highest BCUT2D eigenvalue weighted by molar-refractivity contribution is 5.87. The summed E-state index contributed by atoms with van der Waals surface area (Å²) in [5, 5.41) is 2.67. The van der Waals surface area contributed by atoms with E-state index in [1.165, 1.54) is 12.8 Å². The van der Waals surface area contributed by atoms with E-state index in [4.69, 9.17) is 5.73 Å². The Labute approximate surface area is 134 Å². The average molecular weight is 320 g/mol. The minimum absolute atomic E-state index is 0. The highest BCUT2D eigenvalue weighted by atomic mass is 35.5. The van der Waals surface area contributed by atoms with Gasteiger partial charge in [-0.05, 0) is 32.6 Å². The maximum absolute atomic E-state index is 12.3.